The van der Waals surface area contributed by atoms with Gasteiger partial charge in [-0.2, -0.15) is 0 Å². The van der Waals surface area contributed by atoms with Crippen LogP contribution in [0.3, 0.4) is 0 Å². The average molecular weight is 138 g/mol. The number of furan rings is 1. The molecule has 0 aromatic carbocycles. The van der Waals surface area contributed by atoms with Crippen LogP contribution in [-0.4, -0.2) is 13.7 Å². The quantitative estimate of drug-likeness (QED) is 0.574. The van der Waals surface area contributed by atoms with Crippen LogP contribution in [0.5, 0.6) is 0 Å². The number of hydrogen-bond acceptors (Lipinski definition) is 3. The third kappa shape index (κ3) is 0.708. The summed E-state index contributed by atoms with van der Waals surface area (Å²) >= 11 is 0. The largest absolute Gasteiger partial charge is 0.448 e. The highest BCUT2D eigenvalue weighted by molar-refractivity contribution is 5.44. The van der Waals surface area contributed by atoms with Crippen molar-refractivity contribution in [2.24, 2.45) is 0 Å². The molecule has 0 aliphatic carbocycles. The molecule has 1 aliphatic heterocycles. The van der Waals surface area contributed by atoms with Gasteiger partial charge in [0.2, 0.25) is 5.88 Å². The van der Waals surface area contributed by atoms with Gasteiger partial charge >= 0.3 is 0 Å². The van der Waals surface area contributed by atoms with E-state index in [4.69, 9.17) is 4.42 Å². The molecule has 0 saturated carbocycles. The molecule has 1 aliphatic rings. The summed E-state index contributed by atoms with van der Waals surface area (Å²) in [5.74, 6) is 0.999. The second kappa shape index (κ2) is 2.02. The maximum atomic E-state index is 5.25. The smallest absolute Gasteiger partial charge is 0.200 e. The van der Waals surface area contributed by atoms with Crippen molar-refractivity contribution in [2.75, 3.05) is 18.6 Å². The zero-order valence-corrected chi connectivity index (χ0v) is 5.92. The van der Waals surface area contributed by atoms with Gasteiger partial charge < -0.3 is 9.32 Å². The summed E-state index contributed by atoms with van der Waals surface area (Å²) in [5.41, 5.74) is 1.24. The molecule has 2 heterocycles. The van der Waals surface area contributed by atoms with Crippen LogP contribution in [0.2, 0.25) is 0 Å². The molecule has 1 N–H and O–H groups in total. The number of fused-ring (bicyclic) bond motifs is 1. The first-order valence-electron chi connectivity index (χ1n) is 3.36. The molecule has 0 atom stereocenters. The predicted octanol–water partition coefficient (Wildman–Crippen LogP) is 0.776. The monoisotopic (exact) mass is 138 g/mol. The summed E-state index contributed by atoms with van der Waals surface area (Å²) < 4.78 is 5.25. The van der Waals surface area contributed by atoms with E-state index < -0.39 is 0 Å². The first-order valence-corrected chi connectivity index (χ1v) is 3.36. The molecule has 10 heavy (non-hydrogen) atoms. The standard InChI is InChI=1S/C7H10N2O/c1-9-5-8-4-6-2-3-10-7(6)9/h2-3,8H,4-5H2,1H3. The number of hydrogen-bond donors (Lipinski definition) is 1. The van der Waals surface area contributed by atoms with Crippen LogP contribution in [0, 0.1) is 0 Å². The summed E-state index contributed by atoms with van der Waals surface area (Å²) in [7, 11) is 2.01. The van der Waals surface area contributed by atoms with Gasteiger partial charge in [0.15, 0.2) is 0 Å². The second-order valence-corrected chi connectivity index (χ2v) is 2.53. The lowest BCUT2D eigenvalue weighted by molar-refractivity contribution is 0.519. The van der Waals surface area contributed by atoms with Gasteiger partial charge in [-0.3, -0.25) is 5.32 Å². The number of anilines is 1. The van der Waals surface area contributed by atoms with Gasteiger partial charge in [0, 0.05) is 19.2 Å². The van der Waals surface area contributed by atoms with Gasteiger partial charge in [-0.15, -0.1) is 0 Å². The van der Waals surface area contributed by atoms with Gasteiger partial charge in [0.25, 0.3) is 0 Å². The Morgan fingerprint density at radius 3 is 3.40 bits per heavy atom. The molecule has 0 spiro atoms. The minimum absolute atomic E-state index is 0.876. The number of nitrogens with zero attached hydrogens (tertiary/aromatic N) is 1. The molecule has 3 nitrogen and oxygen atoms in total. The van der Waals surface area contributed by atoms with Gasteiger partial charge in [0.05, 0.1) is 12.9 Å². The molecular formula is C7H10N2O. The van der Waals surface area contributed by atoms with E-state index in [1.807, 2.05) is 13.1 Å². The van der Waals surface area contributed by atoms with Crippen LogP contribution in [-0.2, 0) is 6.54 Å². The Kier molecular flexibility index (Phi) is 1.17. The Balaban J connectivity index is 2.41. The third-order valence-electron chi connectivity index (χ3n) is 1.73. The van der Waals surface area contributed by atoms with Crippen LogP contribution in [0.4, 0.5) is 5.88 Å². The SMILES string of the molecule is CN1CNCc2ccoc21. The molecular weight excluding hydrogens is 128 g/mol. The van der Waals surface area contributed by atoms with Gasteiger partial charge in [0.1, 0.15) is 0 Å². The molecule has 54 valence electrons. The number of rotatable bonds is 0. The van der Waals surface area contributed by atoms with Crippen LogP contribution in [0.1, 0.15) is 5.56 Å². The van der Waals surface area contributed by atoms with Crippen LogP contribution in [0.15, 0.2) is 16.7 Å². The summed E-state index contributed by atoms with van der Waals surface area (Å²) in [4.78, 5) is 2.05. The summed E-state index contributed by atoms with van der Waals surface area (Å²) in [6, 6.07) is 2.00. The lowest BCUT2D eigenvalue weighted by atomic mass is 10.3. The van der Waals surface area contributed by atoms with E-state index in [1.54, 1.807) is 6.26 Å². The normalized spacial score (nSPS) is 17.1. The summed E-state index contributed by atoms with van der Waals surface area (Å²) in [6.07, 6.45) is 1.73. The number of nitrogens with one attached hydrogen (secondary N) is 1. The van der Waals surface area contributed by atoms with Crippen molar-refractivity contribution in [3.8, 4) is 0 Å². The second-order valence-electron chi connectivity index (χ2n) is 2.53. The molecule has 0 saturated heterocycles. The van der Waals surface area contributed by atoms with Crippen molar-refractivity contribution in [1.29, 1.82) is 0 Å². The van der Waals surface area contributed by atoms with Crippen molar-refractivity contribution in [2.45, 2.75) is 6.54 Å². The maximum absolute atomic E-state index is 5.25. The van der Waals surface area contributed by atoms with Crippen molar-refractivity contribution in [1.82, 2.24) is 5.32 Å². The van der Waals surface area contributed by atoms with Crippen molar-refractivity contribution in [3.63, 3.8) is 0 Å². The molecule has 0 amide bonds. The van der Waals surface area contributed by atoms with Crippen molar-refractivity contribution >= 4 is 5.88 Å². The fourth-order valence-corrected chi connectivity index (χ4v) is 1.23. The van der Waals surface area contributed by atoms with E-state index in [0.717, 1.165) is 19.1 Å². The van der Waals surface area contributed by atoms with Gasteiger partial charge in [-0.05, 0) is 6.07 Å². The Morgan fingerprint density at radius 1 is 1.70 bits per heavy atom. The molecule has 1 aromatic rings. The van der Waals surface area contributed by atoms with Gasteiger partial charge in [-0.25, -0.2) is 0 Å². The molecule has 0 fully saturated rings. The summed E-state index contributed by atoms with van der Waals surface area (Å²) in [6.45, 7) is 1.80. The van der Waals surface area contributed by atoms with E-state index in [1.165, 1.54) is 5.56 Å². The molecule has 1 aromatic heterocycles. The zero-order chi connectivity index (χ0) is 6.97. The van der Waals surface area contributed by atoms with E-state index in [9.17, 15) is 0 Å². The first-order chi connectivity index (χ1) is 4.88. The highest BCUT2D eigenvalue weighted by atomic mass is 16.3. The lowest BCUT2D eigenvalue weighted by Gasteiger charge is -2.23. The molecule has 3 heteroatoms. The van der Waals surface area contributed by atoms with Gasteiger partial charge in [-0.1, -0.05) is 0 Å². The zero-order valence-electron chi connectivity index (χ0n) is 5.92. The average Bonchev–Trinajstić information content (AvgIpc) is 2.36. The lowest BCUT2D eigenvalue weighted by Crippen LogP contribution is -2.35. The minimum atomic E-state index is 0.876. The van der Waals surface area contributed by atoms with Crippen LogP contribution in [0.25, 0.3) is 0 Å². The topological polar surface area (TPSA) is 28.4 Å². The Hall–Kier alpha value is -0.960. The molecule has 2 rings (SSSR count). The van der Waals surface area contributed by atoms with Crippen molar-refractivity contribution < 1.29 is 4.42 Å². The molecule has 0 radical (unpaired) electrons. The van der Waals surface area contributed by atoms with Crippen LogP contribution < -0.4 is 10.2 Å². The third-order valence-corrected chi connectivity index (χ3v) is 1.73. The van der Waals surface area contributed by atoms with E-state index in [-0.39, 0.29) is 0 Å². The van der Waals surface area contributed by atoms with Crippen LogP contribution >= 0.6 is 0 Å². The highest BCUT2D eigenvalue weighted by Gasteiger charge is 2.14. The predicted molar refractivity (Wildman–Crippen MR) is 38.8 cm³/mol. The fourth-order valence-electron chi connectivity index (χ4n) is 1.23. The maximum Gasteiger partial charge on any atom is 0.200 e. The van der Waals surface area contributed by atoms with Crippen molar-refractivity contribution in [3.05, 3.63) is 17.9 Å². The van der Waals surface area contributed by atoms with E-state index in [2.05, 4.69) is 10.2 Å². The fraction of sp³-hybridized carbons (Fsp3) is 0.429. The minimum Gasteiger partial charge on any atom is -0.448 e. The Labute approximate surface area is 59.6 Å². The van der Waals surface area contributed by atoms with E-state index >= 15 is 0 Å². The molecule has 0 bridgehead atoms. The summed E-state index contributed by atoms with van der Waals surface area (Å²) in [5, 5.41) is 3.24. The first kappa shape index (κ1) is 5.80. The van der Waals surface area contributed by atoms with E-state index in [0.29, 0.717) is 0 Å². The Morgan fingerprint density at radius 2 is 2.60 bits per heavy atom. The molecule has 0 unspecified atom stereocenters. The highest BCUT2D eigenvalue weighted by Crippen LogP contribution is 2.22. The Bertz CT molecular complexity index is 231.